The molecule has 6 nitrogen and oxygen atoms in total. The minimum absolute atomic E-state index is 0.0168. The highest BCUT2D eigenvalue weighted by atomic mass is 32.1. The lowest BCUT2D eigenvalue weighted by Gasteiger charge is -2.16. The number of hydrogen-bond donors (Lipinski definition) is 2. The fourth-order valence-electron chi connectivity index (χ4n) is 2.69. The number of carboxylic acid groups (broad SMARTS) is 1. The number of hydrogen-bond acceptors (Lipinski definition) is 5. The molecule has 3 aromatic rings. The van der Waals surface area contributed by atoms with E-state index in [0.29, 0.717) is 6.54 Å². The van der Waals surface area contributed by atoms with Gasteiger partial charge in [0.25, 0.3) is 0 Å². The van der Waals surface area contributed by atoms with Gasteiger partial charge in [0.1, 0.15) is 5.01 Å². The predicted molar refractivity (Wildman–Crippen MR) is 114 cm³/mol. The summed E-state index contributed by atoms with van der Waals surface area (Å²) in [5.74, 6) is -0.971. The molecule has 2 N–H and O–H groups in total. The van der Waals surface area contributed by atoms with E-state index in [-0.39, 0.29) is 11.5 Å². The zero-order valence-electron chi connectivity index (χ0n) is 16.8. The van der Waals surface area contributed by atoms with Crippen molar-refractivity contribution in [3.63, 3.8) is 0 Å². The van der Waals surface area contributed by atoms with Crippen molar-refractivity contribution in [1.29, 1.82) is 0 Å². The molecule has 0 atom stereocenters. The maximum Gasteiger partial charge on any atom is 0.335 e. The number of pyridine rings is 1. The molecule has 3 rings (SSSR count). The number of amides is 1. The number of nitrogens with one attached hydrogen (secondary N) is 1. The number of benzene rings is 1. The highest BCUT2D eigenvalue weighted by Gasteiger charge is 2.21. The summed E-state index contributed by atoms with van der Waals surface area (Å²) in [6.45, 7) is 7.94. The van der Waals surface area contributed by atoms with Gasteiger partial charge in [0.15, 0.2) is 0 Å². The number of carboxylic acids is 1. The largest absolute Gasteiger partial charge is 0.478 e. The van der Waals surface area contributed by atoms with Crippen molar-refractivity contribution in [1.82, 2.24) is 15.3 Å². The van der Waals surface area contributed by atoms with E-state index < -0.39 is 11.4 Å². The molecule has 7 heteroatoms. The molecule has 2 aromatic heterocycles. The summed E-state index contributed by atoms with van der Waals surface area (Å²) in [4.78, 5) is 33.4. The van der Waals surface area contributed by atoms with E-state index in [4.69, 9.17) is 10.1 Å². The van der Waals surface area contributed by atoms with Crippen molar-refractivity contribution in [2.75, 3.05) is 0 Å². The van der Waals surface area contributed by atoms with Gasteiger partial charge in [-0.25, -0.2) is 14.8 Å². The zero-order valence-corrected chi connectivity index (χ0v) is 17.6. The molecule has 0 aliphatic carbocycles. The van der Waals surface area contributed by atoms with Crippen LogP contribution in [-0.4, -0.2) is 27.0 Å². The van der Waals surface area contributed by atoms with Crippen LogP contribution in [-0.2, 0) is 11.3 Å². The average molecular weight is 410 g/mol. The summed E-state index contributed by atoms with van der Waals surface area (Å²) in [7, 11) is 0. The molecule has 0 bridgehead atoms. The lowest BCUT2D eigenvalue weighted by molar-refractivity contribution is -0.128. The third-order valence-corrected chi connectivity index (χ3v) is 5.51. The summed E-state index contributed by atoms with van der Waals surface area (Å²) >= 11 is 1.51. The summed E-state index contributed by atoms with van der Waals surface area (Å²) in [6.07, 6.45) is 0. The van der Waals surface area contributed by atoms with Gasteiger partial charge in [0, 0.05) is 11.0 Å². The van der Waals surface area contributed by atoms with Gasteiger partial charge >= 0.3 is 5.97 Å². The van der Waals surface area contributed by atoms with Crippen molar-refractivity contribution in [2.45, 2.75) is 34.2 Å². The molecular formula is C22H23N3O3S. The molecule has 0 saturated carbocycles. The minimum Gasteiger partial charge on any atom is -0.478 e. The second-order valence-corrected chi connectivity index (χ2v) is 8.83. The molecule has 29 heavy (non-hydrogen) atoms. The van der Waals surface area contributed by atoms with Gasteiger partial charge in [-0.1, -0.05) is 39.0 Å². The van der Waals surface area contributed by atoms with Gasteiger partial charge in [0.05, 0.1) is 34.1 Å². The van der Waals surface area contributed by atoms with Crippen molar-refractivity contribution in [3.8, 4) is 21.8 Å². The molecule has 0 aliphatic rings. The van der Waals surface area contributed by atoms with Crippen LogP contribution < -0.4 is 5.32 Å². The van der Waals surface area contributed by atoms with Gasteiger partial charge < -0.3 is 10.4 Å². The Kier molecular flexibility index (Phi) is 5.79. The van der Waals surface area contributed by atoms with E-state index in [1.165, 1.54) is 11.3 Å². The first-order chi connectivity index (χ1) is 13.6. The average Bonchev–Trinajstić information content (AvgIpc) is 3.06. The molecule has 2 heterocycles. The van der Waals surface area contributed by atoms with Crippen molar-refractivity contribution in [2.24, 2.45) is 5.41 Å². The maximum atomic E-state index is 12.1. The lowest BCUT2D eigenvalue weighted by atomic mass is 9.96. The number of carbonyl (C=O) groups excluding carboxylic acids is 1. The maximum absolute atomic E-state index is 12.1. The summed E-state index contributed by atoms with van der Waals surface area (Å²) < 4.78 is 0. The first-order valence-corrected chi connectivity index (χ1v) is 10.0. The Morgan fingerprint density at radius 1 is 1.03 bits per heavy atom. The Bertz CT molecular complexity index is 1050. The first kappa shape index (κ1) is 20.7. The molecule has 1 aromatic carbocycles. The Morgan fingerprint density at radius 3 is 2.31 bits per heavy atom. The third kappa shape index (κ3) is 4.86. The van der Waals surface area contributed by atoms with Gasteiger partial charge in [-0.3, -0.25) is 4.79 Å². The molecule has 150 valence electrons. The van der Waals surface area contributed by atoms with E-state index in [1.54, 1.807) is 24.3 Å². The van der Waals surface area contributed by atoms with Crippen LogP contribution in [0.2, 0.25) is 0 Å². The van der Waals surface area contributed by atoms with Crippen LogP contribution in [0.4, 0.5) is 0 Å². The Morgan fingerprint density at radius 2 is 1.69 bits per heavy atom. The fraction of sp³-hybridized carbons (Fsp3) is 0.273. The molecule has 1 amide bonds. The standard InChI is InChI=1S/C22H23N3O3S/c1-13-19(29-18(24-13)12-23-21(28)22(2,3)4)17-7-5-6-16(25-17)14-8-10-15(11-9-14)20(26)27/h5-11H,12H2,1-4H3,(H,23,28)(H,26,27). The molecule has 0 fully saturated rings. The Balaban J connectivity index is 1.83. The van der Waals surface area contributed by atoms with Crippen LogP contribution in [0.5, 0.6) is 0 Å². The topological polar surface area (TPSA) is 92.2 Å². The van der Waals surface area contributed by atoms with E-state index >= 15 is 0 Å². The Hall–Kier alpha value is -3.06. The smallest absolute Gasteiger partial charge is 0.335 e. The predicted octanol–water partition coefficient (Wildman–Crippen LogP) is 4.54. The van der Waals surface area contributed by atoms with Crippen molar-refractivity contribution >= 4 is 23.2 Å². The van der Waals surface area contributed by atoms with Gasteiger partial charge in [-0.05, 0) is 31.2 Å². The van der Waals surface area contributed by atoms with Crippen LogP contribution in [0.25, 0.3) is 21.8 Å². The normalized spacial score (nSPS) is 11.3. The van der Waals surface area contributed by atoms with E-state index in [2.05, 4.69) is 10.3 Å². The minimum atomic E-state index is -0.954. The number of carbonyl (C=O) groups is 2. The molecule has 0 spiro atoms. The highest BCUT2D eigenvalue weighted by Crippen LogP contribution is 2.30. The summed E-state index contributed by atoms with van der Waals surface area (Å²) in [5.41, 5.74) is 3.06. The number of aromatic carboxylic acids is 1. The summed E-state index contributed by atoms with van der Waals surface area (Å²) in [6, 6.07) is 12.4. The second kappa shape index (κ2) is 8.13. The second-order valence-electron chi connectivity index (χ2n) is 7.75. The first-order valence-electron chi connectivity index (χ1n) is 9.21. The number of nitrogens with zero attached hydrogens (tertiary/aromatic N) is 2. The monoisotopic (exact) mass is 409 g/mol. The van der Waals surface area contributed by atoms with E-state index in [1.807, 2.05) is 45.9 Å². The Labute approximate surface area is 173 Å². The van der Waals surface area contributed by atoms with E-state index in [9.17, 15) is 9.59 Å². The number of aromatic nitrogens is 2. The van der Waals surface area contributed by atoms with Crippen LogP contribution in [0.15, 0.2) is 42.5 Å². The quantitative estimate of drug-likeness (QED) is 0.645. The molecule has 0 aliphatic heterocycles. The number of rotatable bonds is 5. The van der Waals surface area contributed by atoms with Crippen LogP contribution >= 0.6 is 11.3 Å². The molecule has 0 radical (unpaired) electrons. The van der Waals surface area contributed by atoms with Crippen LogP contribution in [0.3, 0.4) is 0 Å². The van der Waals surface area contributed by atoms with E-state index in [0.717, 1.165) is 32.5 Å². The van der Waals surface area contributed by atoms with Crippen molar-refractivity contribution in [3.05, 3.63) is 58.7 Å². The molecular weight excluding hydrogens is 386 g/mol. The number of aryl methyl sites for hydroxylation is 1. The van der Waals surface area contributed by atoms with Gasteiger partial charge in [-0.15, -0.1) is 11.3 Å². The van der Waals surface area contributed by atoms with Crippen LogP contribution in [0.1, 0.15) is 41.8 Å². The molecule has 0 unspecified atom stereocenters. The SMILES string of the molecule is Cc1nc(CNC(=O)C(C)(C)C)sc1-c1cccc(-c2ccc(C(=O)O)cc2)n1. The molecule has 0 saturated heterocycles. The number of thiazole rings is 1. The fourth-order valence-corrected chi connectivity index (χ4v) is 3.67. The van der Waals surface area contributed by atoms with Crippen molar-refractivity contribution < 1.29 is 14.7 Å². The van der Waals surface area contributed by atoms with Crippen LogP contribution in [0, 0.1) is 12.3 Å². The zero-order chi connectivity index (χ0) is 21.2. The highest BCUT2D eigenvalue weighted by molar-refractivity contribution is 7.15. The lowest BCUT2D eigenvalue weighted by Crippen LogP contribution is -2.34. The summed E-state index contributed by atoms with van der Waals surface area (Å²) in [5, 5.41) is 12.8. The van der Waals surface area contributed by atoms with Gasteiger partial charge in [-0.2, -0.15) is 0 Å². The third-order valence-electron chi connectivity index (χ3n) is 4.33. The van der Waals surface area contributed by atoms with Gasteiger partial charge in [0.2, 0.25) is 5.91 Å².